The third-order valence-corrected chi connectivity index (χ3v) is 3.70. The third kappa shape index (κ3) is 1.96. The van der Waals surface area contributed by atoms with E-state index in [1.807, 2.05) is 24.3 Å². The second kappa shape index (κ2) is 4.30. The number of Topliss-reactive ketones (excluding diaryl/α,β-unsaturated/α-hetero) is 1. The molecule has 0 aliphatic carbocycles. The zero-order valence-electron chi connectivity index (χ0n) is 9.13. The molecule has 1 aromatic heterocycles. The van der Waals surface area contributed by atoms with Crippen LogP contribution in [-0.4, -0.2) is 17.4 Å². The molecule has 0 bridgehead atoms. The van der Waals surface area contributed by atoms with Crippen molar-refractivity contribution in [2.45, 2.75) is 12.3 Å². The Labute approximate surface area is 103 Å². The molecular weight excluding hydrogens is 234 g/mol. The minimum Gasteiger partial charge on any atom is -0.492 e. The van der Waals surface area contributed by atoms with Crippen molar-refractivity contribution >= 4 is 17.1 Å². The Morgan fingerprint density at radius 3 is 3.18 bits per heavy atom. The number of carbonyl (C=O) groups is 1. The molecule has 0 fully saturated rings. The molecule has 2 aromatic rings. The number of benzene rings is 1. The van der Waals surface area contributed by atoms with E-state index in [2.05, 4.69) is 4.98 Å². The molecule has 4 heteroatoms. The standard InChI is InChI=1S/C13H11NO2S/c15-12(5-9-6-14-8-17-9)11-7-16-13-4-2-1-3-10(11)13/h1-4,6,8,11H,5,7H2. The minimum absolute atomic E-state index is 0.117. The van der Waals surface area contributed by atoms with Crippen LogP contribution < -0.4 is 4.74 Å². The molecule has 1 aliphatic heterocycles. The lowest BCUT2D eigenvalue weighted by molar-refractivity contribution is -0.120. The molecule has 1 aromatic carbocycles. The Bertz CT molecular complexity index is 536. The molecular formula is C13H11NO2S. The van der Waals surface area contributed by atoms with Crippen molar-refractivity contribution in [2.75, 3.05) is 6.61 Å². The molecule has 1 unspecified atom stereocenters. The van der Waals surface area contributed by atoms with E-state index in [4.69, 9.17) is 4.74 Å². The van der Waals surface area contributed by atoms with Crippen LogP contribution in [0.15, 0.2) is 36.0 Å². The number of hydrogen-bond donors (Lipinski definition) is 0. The number of carbonyl (C=O) groups excluding carboxylic acids is 1. The van der Waals surface area contributed by atoms with E-state index in [-0.39, 0.29) is 11.7 Å². The van der Waals surface area contributed by atoms with Gasteiger partial charge in [0.15, 0.2) is 0 Å². The van der Waals surface area contributed by atoms with E-state index < -0.39 is 0 Å². The van der Waals surface area contributed by atoms with Crippen LogP contribution in [-0.2, 0) is 11.2 Å². The number of nitrogens with zero attached hydrogens (tertiary/aromatic N) is 1. The predicted molar refractivity (Wildman–Crippen MR) is 65.5 cm³/mol. The van der Waals surface area contributed by atoms with Gasteiger partial charge < -0.3 is 4.74 Å². The average molecular weight is 245 g/mol. The zero-order valence-corrected chi connectivity index (χ0v) is 9.94. The Kier molecular flexibility index (Phi) is 2.65. The second-order valence-electron chi connectivity index (χ2n) is 4.01. The van der Waals surface area contributed by atoms with E-state index in [0.717, 1.165) is 16.2 Å². The fourth-order valence-corrected chi connectivity index (χ4v) is 2.66. The second-order valence-corrected chi connectivity index (χ2v) is 4.98. The maximum Gasteiger partial charge on any atom is 0.149 e. The monoisotopic (exact) mass is 245 g/mol. The van der Waals surface area contributed by atoms with E-state index >= 15 is 0 Å². The molecule has 1 aliphatic rings. The number of ketones is 1. The van der Waals surface area contributed by atoms with Gasteiger partial charge in [-0.25, -0.2) is 0 Å². The highest BCUT2D eigenvalue weighted by molar-refractivity contribution is 7.09. The van der Waals surface area contributed by atoms with Crippen LogP contribution in [0.2, 0.25) is 0 Å². The first-order valence-electron chi connectivity index (χ1n) is 5.46. The quantitative estimate of drug-likeness (QED) is 0.833. The first-order chi connectivity index (χ1) is 8.34. The van der Waals surface area contributed by atoms with Gasteiger partial charge in [-0.05, 0) is 6.07 Å². The summed E-state index contributed by atoms with van der Waals surface area (Å²) in [7, 11) is 0. The summed E-state index contributed by atoms with van der Waals surface area (Å²) in [6, 6.07) is 7.75. The van der Waals surface area contributed by atoms with E-state index in [9.17, 15) is 4.79 Å². The van der Waals surface area contributed by atoms with Crippen molar-refractivity contribution in [2.24, 2.45) is 0 Å². The first-order valence-corrected chi connectivity index (χ1v) is 6.34. The van der Waals surface area contributed by atoms with E-state index in [1.165, 1.54) is 11.3 Å². The molecule has 1 atom stereocenters. The summed E-state index contributed by atoms with van der Waals surface area (Å²) in [6.45, 7) is 0.469. The smallest absolute Gasteiger partial charge is 0.149 e. The van der Waals surface area contributed by atoms with Gasteiger partial charge in [-0.15, -0.1) is 11.3 Å². The Morgan fingerprint density at radius 2 is 2.35 bits per heavy atom. The number of para-hydroxylation sites is 1. The van der Waals surface area contributed by atoms with Crippen molar-refractivity contribution in [3.05, 3.63) is 46.4 Å². The maximum atomic E-state index is 12.2. The molecule has 17 heavy (non-hydrogen) atoms. The summed E-state index contributed by atoms with van der Waals surface area (Å²) in [5.41, 5.74) is 2.77. The summed E-state index contributed by atoms with van der Waals surface area (Å²) in [6.07, 6.45) is 2.21. The van der Waals surface area contributed by atoms with Crippen LogP contribution >= 0.6 is 11.3 Å². The largest absolute Gasteiger partial charge is 0.492 e. The van der Waals surface area contributed by atoms with Crippen LogP contribution in [0.5, 0.6) is 5.75 Å². The van der Waals surface area contributed by atoms with Gasteiger partial charge >= 0.3 is 0 Å². The number of rotatable bonds is 3. The SMILES string of the molecule is O=C(Cc1cncs1)C1COc2ccccc21. The normalized spacial score (nSPS) is 17.5. The fraction of sp³-hybridized carbons (Fsp3) is 0.231. The molecule has 0 N–H and O–H groups in total. The van der Waals surface area contributed by atoms with Gasteiger partial charge in [-0.3, -0.25) is 9.78 Å². The fourth-order valence-electron chi connectivity index (χ4n) is 2.05. The number of thiazole rings is 1. The Hall–Kier alpha value is -1.68. The summed E-state index contributed by atoms with van der Waals surface area (Å²) in [4.78, 5) is 17.2. The topological polar surface area (TPSA) is 39.2 Å². The highest BCUT2D eigenvalue weighted by Crippen LogP contribution is 2.34. The van der Waals surface area contributed by atoms with Crippen molar-refractivity contribution in [3.8, 4) is 5.75 Å². The predicted octanol–water partition coefficient (Wildman–Crippen LogP) is 2.43. The molecule has 0 amide bonds. The Morgan fingerprint density at radius 1 is 1.47 bits per heavy atom. The summed E-state index contributed by atoms with van der Waals surface area (Å²) >= 11 is 1.52. The zero-order chi connectivity index (χ0) is 11.7. The summed E-state index contributed by atoms with van der Waals surface area (Å²) in [5, 5.41) is 0. The van der Waals surface area contributed by atoms with E-state index in [1.54, 1.807) is 11.7 Å². The third-order valence-electron chi connectivity index (χ3n) is 2.92. The molecule has 0 saturated carbocycles. The van der Waals surface area contributed by atoms with Gasteiger partial charge in [0, 0.05) is 23.1 Å². The van der Waals surface area contributed by atoms with Crippen LogP contribution in [0.1, 0.15) is 16.4 Å². The van der Waals surface area contributed by atoms with Crippen LogP contribution in [0.3, 0.4) is 0 Å². The van der Waals surface area contributed by atoms with Crippen LogP contribution in [0.4, 0.5) is 0 Å². The number of ether oxygens (including phenoxy) is 1. The van der Waals surface area contributed by atoms with Crippen LogP contribution in [0, 0.1) is 0 Å². The molecule has 3 nitrogen and oxygen atoms in total. The molecule has 0 spiro atoms. The lowest BCUT2D eigenvalue weighted by atomic mass is 9.95. The lowest BCUT2D eigenvalue weighted by Gasteiger charge is -2.06. The lowest BCUT2D eigenvalue weighted by Crippen LogP contribution is -2.15. The van der Waals surface area contributed by atoms with Crippen molar-refractivity contribution < 1.29 is 9.53 Å². The number of aromatic nitrogens is 1. The summed E-state index contributed by atoms with van der Waals surface area (Å²) in [5.74, 6) is 0.933. The average Bonchev–Trinajstić information content (AvgIpc) is 2.96. The highest BCUT2D eigenvalue weighted by atomic mass is 32.1. The molecule has 86 valence electrons. The highest BCUT2D eigenvalue weighted by Gasteiger charge is 2.29. The molecule has 0 radical (unpaired) electrons. The van der Waals surface area contributed by atoms with Crippen molar-refractivity contribution in [1.29, 1.82) is 0 Å². The molecule has 0 saturated heterocycles. The maximum absolute atomic E-state index is 12.2. The van der Waals surface area contributed by atoms with Crippen molar-refractivity contribution in [1.82, 2.24) is 4.98 Å². The van der Waals surface area contributed by atoms with Crippen LogP contribution in [0.25, 0.3) is 0 Å². The minimum atomic E-state index is -0.117. The van der Waals surface area contributed by atoms with Gasteiger partial charge in [-0.1, -0.05) is 18.2 Å². The van der Waals surface area contributed by atoms with Gasteiger partial charge in [0.2, 0.25) is 0 Å². The van der Waals surface area contributed by atoms with E-state index in [0.29, 0.717) is 13.0 Å². The number of hydrogen-bond acceptors (Lipinski definition) is 4. The van der Waals surface area contributed by atoms with Gasteiger partial charge in [0.25, 0.3) is 0 Å². The van der Waals surface area contributed by atoms with Gasteiger partial charge in [0.1, 0.15) is 18.1 Å². The number of fused-ring (bicyclic) bond motifs is 1. The molecule has 3 rings (SSSR count). The van der Waals surface area contributed by atoms with Gasteiger partial charge in [0.05, 0.1) is 11.4 Å². The first kappa shape index (κ1) is 10.5. The van der Waals surface area contributed by atoms with Crippen molar-refractivity contribution in [3.63, 3.8) is 0 Å². The summed E-state index contributed by atoms with van der Waals surface area (Å²) < 4.78 is 5.52. The van der Waals surface area contributed by atoms with Gasteiger partial charge in [-0.2, -0.15) is 0 Å². The Balaban J connectivity index is 1.80. The molecule has 2 heterocycles.